The highest BCUT2D eigenvalue weighted by Gasteiger charge is 2.46. The molecule has 1 heterocycles. The molecule has 0 aliphatic carbocycles. The molecule has 0 saturated carbocycles. The Morgan fingerprint density at radius 1 is 1.42 bits per heavy atom. The average molecular weight is 263 g/mol. The second kappa shape index (κ2) is 5.01. The van der Waals surface area contributed by atoms with Crippen molar-refractivity contribution in [2.75, 3.05) is 6.61 Å². The summed E-state index contributed by atoms with van der Waals surface area (Å²) >= 11 is 0. The lowest BCUT2D eigenvalue weighted by Crippen LogP contribution is -2.62. The van der Waals surface area contributed by atoms with E-state index in [1.807, 2.05) is 30.3 Å². The number of ether oxygens (including phenoxy) is 1. The van der Waals surface area contributed by atoms with Crippen LogP contribution >= 0.6 is 0 Å². The molecule has 1 saturated heterocycles. The average Bonchev–Trinajstić information content (AvgIpc) is 2.34. The summed E-state index contributed by atoms with van der Waals surface area (Å²) in [5.41, 5.74) is 0.00827. The topological polar surface area (TPSA) is 66.8 Å². The van der Waals surface area contributed by atoms with Crippen molar-refractivity contribution in [3.8, 4) is 0 Å². The molecule has 1 fully saturated rings. The number of carboxylic acids is 1. The van der Waals surface area contributed by atoms with Gasteiger partial charge in [0.25, 0.3) is 0 Å². The van der Waals surface area contributed by atoms with E-state index in [-0.39, 0.29) is 19.1 Å². The molecule has 1 N–H and O–H groups in total. The van der Waals surface area contributed by atoms with Gasteiger partial charge in [0, 0.05) is 6.54 Å². The number of aliphatic carboxylic acids is 1. The first-order valence-electron chi connectivity index (χ1n) is 6.12. The quantitative estimate of drug-likeness (QED) is 0.892. The Labute approximate surface area is 111 Å². The predicted molar refractivity (Wildman–Crippen MR) is 68.4 cm³/mol. The molecule has 102 valence electrons. The smallest absolute Gasteiger partial charge is 0.329 e. The molecule has 1 aromatic rings. The van der Waals surface area contributed by atoms with E-state index < -0.39 is 17.6 Å². The highest BCUT2D eigenvalue weighted by Crippen LogP contribution is 2.27. The van der Waals surface area contributed by atoms with Crippen LogP contribution in [0, 0.1) is 0 Å². The monoisotopic (exact) mass is 263 g/mol. The number of morpholine rings is 1. The van der Waals surface area contributed by atoms with Gasteiger partial charge in [-0.1, -0.05) is 30.3 Å². The van der Waals surface area contributed by atoms with Gasteiger partial charge in [0.2, 0.25) is 5.91 Å². The SMILES string of the molecule is CC1(C)OCC(=O)N(Cc2ccccc2)[C@@H]1C(=O)O. The third kappa shape index (κ3) is 2.76. The molecule has 0 radical (unpaired) electrons. The molecule has 2 rings (SSSR count). The normalized spacial score (nSPS) is 22.3. The minimum absolute atomic E-state index is 0.0797. The minimum Gasteiger partial charge on any atom is -0.480 e. The van der Waals surface area contributed by atoms with Crippen molar-refractivity contribution >= 4 is 11.9 Å². The standard InChI is InChI=1S/C14H17NO4/c1-14(2)12(13(17)18)15(11(16)9-19-14)8-10-6-4-3-5-7-10/h3-7,12H,8-9H2,1-2H3,(H,17,18)/t12-/m1/s1. The molecule has 0 spiro atoms. The van der Waals surface area contributed by atoms with Crippen LogP contribution in [-0.2, 0) is 20.9 Å². The number of carbonyl (C=O) groups excluding carboxylic acids is 1. The molecule has 0 bridgehead atoms. The Kier molecular flexibility index (Phi) is 3.57. The van der Waals surface area contributed by atoms with Gasteiger partial charge in [0.15, 0.2) is 6.04 Å². The number of benzene rings is 1. The Morgan fingerprint density at radius 3 is 2.63 bits per heavy atom. The van der Waals surface area contributed by atoms with Gasteiger partial charge in [-0.05, 0) is 19.4 Å². The van der Waals surface area contributed by atoms with E-state index in [4.69, 9.17) is 4.74 Å². The zero-order valence-electron chi connectivity index (χ0n) is 11.0. The Bertz CT molecular complexity index is 483. The largest absolute Gasteiger partial charge is 0.480 e. The molecule has 0 aromatic heterocycles. The van der Waals surface area contributed by atoms with Crippen molar-refractivity contribution in [2.24, 2.45) is 0 Å². The Morgan fingerprint density at radius 2 is 2.05 bits per heavy atom. The maximum absolute atomic E-state index is 11.9. The Hall–Kier alpha value is -1.88. The number of hydrogen-bond acceptors (Lipinski definition) is 3. The minimum atomic E-state index is -1.05. The second-order valence-electron chi connectivity index (χ2n) is 5.14. The zero-order chi connectivity index (χ0) is 14.0. The van der Waals surface area contributed by atoms with Crippen LogP contribution in [0.3, 0.4) is 0 Å². The van der Waals surface area contributed by atoms with E-state index >= 15 is 0 Å². The van der Waals surface area contributed by atoms with Crippen LogP contribution in [-0.4, -0.2) is 40.1 Å². The predicted octanol–water partition coefficient (Wildman–Crippen LogP) is 1.28. The molecule has 5 heteroatoms. The highest BCUT2D eigenvalue weighted by molar-refractivity contribution is 5.86. The third-order valence-corrected chi connectivity index (χ3v) is 3.29. The molecule has 1 aliphatic heterocycles. The molecular weight excluding hydrogens is 246 g/mol. The molecular formula is C14H17NO4. The van der Waals surface area contributed by atoms with Crippen LogP contribution in [0.15, 0.2) is 30.3 Å². The third-order valence-electron chi connectivity index (χ3n) is 3.29. The molecule has 1 aromatic carbocycles. The number of nitrogens with zero attached hydrogens (tertiary/aromatic N) is 1. The first-order chi connectivity index (χ1) is 8.92. The van der Waals surface area contributed by atoms with E-state index in [2.05, 4.69) is 0 Å². The van der Waals surface area contributed by atoms with Crippen LogP contribution in [0.5, 0.6) is 0 Å². The molecule has 19 heavy (non-hydrogen) atoms. The van der Waals surface area contributed by atoms with Crippen molar-refractivity contribution in [3.63, 3.8) is 0 Å². The second-order valence-corrected chi connectivity index (χ2v) is 5.14. The summed E-state index contributed by atoms with van der Waals surface area (Å²) in [5.74, 6) is -1.34. The zero-order valence-corrected chi connectivity index (χ0v) is 11.0. The lowest BCUT2D eigenvalue weighted by molar-refractivity contribution is -0.185. The lowest BCUT2D eigenvalue weighted by Gasteiger charge is -2.43. The van der Waals surface area contributed by atoms with Gasteiger partial charge in [-0.25, -0.2) is 4.79 Å². The van der Waals surface area contributed by atoms with Crippen molar-refractivity contribution in [2.45, 2.75) is 32.0 Å². The number of carbonyl (C=O) groups is 2. The molecule has 5 nitrogen and oxygen atoms in total. The molecule has 0 unspecified atom stereocenters. The number of amides is 1. The molecule has 1 aliphatic rings. The van der Waals surface area contributed by atoms with Crippen molar-refractivity contribution in [3.05, 3.63) is 35.9 Å². The first kappa shape index (κ1) is 13.5. The van der Waals surface area contributed by atoms with Crippen LogP contribution in [0.4, 0.5) is 0 Å². The van der Waals surface area contributed by atoms with Gasteiger partial charge >= 0.3 is 5.97 Å². The maximum atomic E-state index is 11.9. The number of carboxylic acid groups (broad SMARTS) is 1. The van der Waals surface area contributed by atoms with Crippen LogP contribution in [0.2, 0.25) is 0 Å². The summed E-state index contributed by atoms with van der Waals surface area (Å²) in [6.07, 6.45) is 0. The number of hydrogen-bond donors (Lipinski definition) is 1. The summed E-state index contributed by atoms with van der Waals surface area (Å²) < 4.78 is 5.35. The Balaban J connectivity index is 2.28. The number of rotatable bonds is 3. The highest BCUT2D eigenvalue weighted by atomic mass is 16.5. The van der Waals surface area contributed by atoms with Gasteiger partial charge in [0.05, 0.1) is 5.60 Å². The fraction of sp³-hybridized carbons (Fsp3) is 0.429. The van der Waals surface area contributed by atoms with E-state index in [1.54, 1.807) is 13.8 Å². The van der Waals surface area contributed by atoms with Gasteiger partial charge < -0.3 is 14.7 Å². The fourth-order valence-corrected chi connectivity index (χ4v) is 2.32. The van der Waals surface area contributed by atoms with Crippen molar-refractivity contribution < 1.29 is 19.4 Å². The fourth-order valence-electron chi connectivity index (χ4n) is 2.32. The molecule has 1 amide bonds. The van der Waals surface area contributed by atoms with E-state index in [1.165, 1.54) is 4.90 Å². The van der Waals surface area contributed by atoms with Crippen LogP contribution in [0.1, 0.15) is 19.4 Å². The van der Waals surface area contributed by atoms with E-state index in [9.17, 15) is 14.7 Å². The summed E-state index contributed by atoms with van der Waals surface area (Å²) in [4.78, 5) is 24.8. The van der Waals surface area contributed by atoms with Crippen LogP contribution < -0.4 is 0 Å². The van der Waals surface area contributed by atoms with Gasteiger partial charge in [-0.3, -0.25) is 4.79 Å². The molecule has 1 atom stereocenters. The summed E-state index contributed by atoms with van der Waals surface area (Å²) in [6.45, 7) is 3.58. The summed E-state index contributed by atoms with van der Waals surface area (Å²) in [6, 6.07) is 8.36. The lowest BCUT2D eigenvalue weighted by atomic mass is 9.94. The summed E-state index contributed by atoms with van der Waals surface area (Å²) in [7, 11) is 0. The summed E-state index contributed by atoms with van der Waals surface area (Å²) in [5, 5.41) is 9.37. The maximum Gasteiger partial charge on any atom is 0.329 e. The van der Waals surface area contributed by atoms with Gasteiger partial charge in [-0.2, -0.15) is 0 Å². The van der Waals surface area contributed by atoms with Crippen LogP contribution in [0.25, 0.3) is 0 Å². The van der Waals surface area contributed by atoms with Crippen molar-refractivity contribution in [1.29, 1.82) is 0 Å². The van der Waals surface area contributed by atoms with E-state index in [0.717, 1.165) is 5.56 Å². The van der Waals surface area contributed by atoms with Gasteiger partial charge in [-0.15, -0.1) is 0 Å². The van der Waals surface area contributed by atoms with Gasteiger partial charge in [0.1, 0.15) is 6.61 Å². The first-order valence-corrected chi connectivity index (χ1v) is 6.12. The van der Waals surface area contributed by atoms with Crippen molar-refractivity contribution in [1.82, 2.24) is 4.90 Å². The van der Waals surface area contributed by atoms with E-state index in [0.29, 0.717) is 0 Å².